The standard InChI is InChI=1S/C25H28N2O5/c1-24(2,3)26-23(30)25-13-16(10-15-6-9-20(28)21(11-15)32-5)22(29)27(25)14-17-12-18(31-4)7-8-19(17)25/h6-12,28H,13-14H2,1-5H3,(H,26,30)/b16-10-. The van der Waals surface area contributed by atoms with E-state index in [1.165, 1.54) is 13.2 Å². The van der Waals surface area contributed by atoms with Gasteiger partial charge in [-0.1, -0.05) is 12.1 Å². The van der Waals surface area contributed by atoms with E-state index in [1.54, 1.807) is 30.2 Å². The molecule has 0 radical (unpaired) electrons. The van der Waals surface area contributed by atoms with Gasteiger partial charge in [0.05, 0.1) is 14.2 Å². The van der Waals surface area contributed by atoms with Crippen molar-refractivity contribution in [3.63, 3.8) is 0 Å². The Morgan fingerprint density at radius 1 is 1.16 bits per heavy atom. The van der Waals surface area contributed by atoms with Gasteiger partial charge in [0.25, 0.3) is 11.8 Å². The predicted octanol–water partition coefficient (Wildman–Crippen LogP) is 3.35. The molecule has 168 valence electrons. The number of hydrogen-bond donors (Lipinski definition) is 2. The second kappa shape index (κ2) is 7.58. The zero-order chi connectivity index (χ0) is 23.3. The number of hydrogen-bond acceptors (Lipinski definition) is 5. The van der Waals surface area contributed by atoms with Crippen molar-refractivity contribution in [1.82, 2.24) is 10.2 Å². The second-order valence-electron chi connectivity index (χ2n) is 9.26. The van der Waals surface area contributed by atoms with Gasteiger partial charge in [-0.05, 0) is 67.8 Å². The zero-order valence-corrected chi connectivity index (χ0v) is 19.0. The number of benzene rings is 2. The lowest BCUT2D eigenvalue weighted by molar-refractivity contribution is -0.141. The van der Waals surface area contributed by atoms with Crippen molar-refractivity contribution in [2.75, 3.05) is 14.2 Å². The van der Waals surface area contributed by atoms with Gasteiger partial charge in [0.15, 0.2) is 17.0 Å². The number of methoxy groups -OCH3 is 2. The molecule has 32 heavy (non-hydrogen) atoms. The average Bonchev–Trinajstić information content (AvgIpc) is 3.20. The summed E-state index contributed by atoms with van der Waals surface area (Å²) in [6, 6.07) is 10.5. The van der Waals surface area contributed by atoms with E-state index in [4.69, 9.17) is 9.47 Å². The molecule has 0 aliphatic carbocycles. The van der Waals surface area contributed by atoms with Crippen LogP contribution < -0.4 is 14.8 Å². The molecule has 2 aliphatic heterocycles. The SMILES string of the molecule is COc1ccc2c(c1)CN1C(=O)/C(=C\c3ccc(O)c(OC)c3)CC21C(=O)NC(C)(C)C. The fourth-order valence-corrected chi connectivity index (χ4v) is 4.51. The summed E-state index contributed by atoms with van der Waals surface area (Å²) in [4.78, 5) is 28.8. The van der Waals surface area contributed by atoms with E-state index in [0.717, 1.165) is 11.1 Å². The van der Waals surface area contributed by atoms with Crippen molar-refractivity contribution in [2.24, 2.45) is 0 Å². The van der Waals surface area contributed by atoms with Crippen LogP contribution in [0.5, 0.6) is 17.2 Å². The summed E-state index contributed by atoms with van der Waals surface area (Å²) in [6.45, 7) is 6.10. The van der Waals surface area contributed by atoms with Crippen molar-refractivity contribution in [2.45, 2.75) is 44.8 Å². The number of carbonyl (C=O) groups excluding carboxylic acids is 2. The molecule has 0 aromatic heterocycles. The number of ether oxygens (including phenoxy) is 2. The van der Waals surface area contributed by atoms with Crippen LogP contribution in [0.25, 0.3) is 6.08 Å². The minimum atomic E-state index is -1.11. The first kappa shape index (κ1) is 21.7. The number of nitrogens with zero attached hydrogens (tertiary/aromatic N) is 1. The molecule has 7 nitrogen and oxygen atoms in total. The molecule has 1 atom stereocenters. The lowest BCUT2D eigenvalue weighted by Crippen LogP contribution is -2.55. The molecule has 0 spiro atoms. The molecule has 2 aromatic rings. The number of phenolic OH excluding ortho intramolecular Hbond substituents is 1. The van der Waals surface area contributed by atoms with Gasteiger partial charge in [0.1, 0.15) is 5.75 Å². The van der Waals surface area contributed by atoms with Crippen molar-refractivity contribution in [3.05, 3.63) is 58.7 Å². The van der Waals surface area contributed by atoms with Gasteiger partial charge in [0, 0.05) is 24.1 Å². The van der Waals surface area contributed by atoms with Gasteiger partial charge in [0.2, 0.25) is 0 Å². The number of fused-ring (bicyclic) bond motifs is 3. The summed E-state index contributed by atoms with van der Waals surface area (Å²) in [6.07, 6.45) is 2.01. The Bertz CT molecular complexity index is 1130. The van der Waals surface area contributed by atoms with Crippen LogP contribution in [0.3, 0.4) is 0 Å². The van der Waals surface area contributed by atoms with E-state index >= 15 is 0 Å². The zero-order valence-electron chi connectivity index (χ0n) is 19.0. The molecular formula is C25H28N2O5. The van der Waals surface area contributed by atoms with Gasteiger partial charge in [-0.15, -0.1) is 0 Å². The van der Waals surface area contributed by atoms with Gasteiger partial charge >= 0.3 is 0 Å². The first-order valence-electron chi connectivity index (χ1n) is 10.5. The highest BCUT2D eigenvalue weighted by molar-refractivity contribution is 6.08. The highest BCUT2D eigenvalue weighted by Crippen LogP contribution is 2.50. The summed E-state index contributed by atoms with van der Waals surface area (Å²) in [5, 5.41) is 12.9. The topological polar surface area (TPSA) is 88.1 Å². The highest BCUT2D eigenvalue weighted by Gasteiger charge is 2.59. The van der Waals surface area contributed by atoms with Crippen molar-refractivity contribution in [1.29, 1.82) is 0 Å². The van der Waals surface area contributed by atoms with Crippen molar-refractivity contribution < 1.29 is 24.2 Å². The van der Waals surface area contributed by atoms with E-state index in [9.17, 15) is 14.7 Å². The number of rotatable bonds is 4. The van der Waals surface area contributed by atoms with E-state index in [-0.39, 0.29) is 24.0 Å². The number of nitrogens with one attached hydrogen (secondary N) is 1. The molecule has 2 heterocycles. The molecule has 4 rings (SSSR count). The third-order valence-electron chi connectivity index (χ3n) is 5.92. The smallest absolute Gasteiger partial charge is 0.251 e. The summed E-state index contributed by atoms with van der Waals surface area (Å²) in [5.74, 6) is 0.653. The maximum atomic E-state index is 13.7. The van der Waals surface area contributed by atoms with Crippen LogP contribution in [-0.4, -0.2) is 41.6 Å². The quantitative estimate of drug-likeness (QED) is 0.718. The maximum Gasteiger partial charge on any atom is 0.251 e. The van der Waals surface area contributed by atoms with E-state index < -0.39 is 11.1 Å². The Balaban J connectivity index is 1.81. The van der Waals surface area contributed by atoms with Crippen molar-refractivity contribution >= 4 is 17.9 Å². The Labute approximate surface area is 187 Å². The van der Waals surface area contributed by atoms with Crippen LogP contribution in [0.4, 0.5) is 0 Å². The lowest BCUT2D eigenvalue weighted by Gasteiger charge is -2.34. The molecule has 2 amide bonds. The van der Waals surface area contributed by atoms with Crippen LogP contribution in [0.1, 0.15) is 43.9 Å². The van der Waals surface area contributed by atoms with Gasteiger partial charge in [-0.25, -0.2) is 0 Å². The molecule has 7 heteroatoms. The minimum Gasteiger partial charge on any atom is -0.504 e. The van der Waals surface area contributed by atoms with Crippen molar-refractivity contribution in [3.8, 4) is 17.2 Å². The highest BCUT2D eigenvalue weighted by atomic mass is 16.5. The van der Waals surface area contributed by atoms with Gasteiger partial charge in [-0.3, -0.25) is 9.59 Å². The molecule has 2 aromatic carbocycles. The fourth-order valence-electron chi connectivity index (χ4n) is 4.51. The summed E-state index contributed by atoms with van der Waals surface area (Å²) < 4.78 is 10.5. The molecule has 1 unspecified atom stereocenters. The van der Waals surface area contributed by atoms with Crippen LogP contribution in [0.15, 0.2) is 42.0 Å². The van der Waals surface area contributed by atoms with Gasteiger partial charge in [-0.2, -0.15) is 0 Å². The Morgan fingerprint density at radius 2 is 1.91 bits per heavy atom. The number of carbonyl (C=O) groups is 2. The minimum absolute atomic E-state index is 0.0249. The Morgan fingerprint density at radius 3 is 2.56 bits per heavy atom. The summed E-state index contributed by atoms with van der Waals surface area (Å²) >= 11 is 0. The third kappa shape index (κ3) is 3.47. The summed E-state index contributed by atoms with van der Waals surface area (Å²) in [5.41, 5.74) is 1.41. The van der Waals surface area contributed by atoms with Crippen LogP contribution in [0, 0.1) is 0 Å². The number of phenols is 1. The first-order chi connectivity index (χ1) is 15.1. The Kier molecular flexibility index (Phi) is 5.15. The molecule has 1 fully saturated rings. The van der Waals surface area contributed by atoms with E-state index in [2.05, 4.69) is 5.32 Å². The third-order valence-corrected chi connectivity index (χ3v) is 5.92. The Hall–Kier alpha value is -3.48. The molecule has 0 saturated carbocycles. The fraction of sp³-hybridized carbons (Fsp3) is 0.360. The maximum absolute atomic E-state index is 13.7. The largest absolute Gasteiger partial charge is 0.504 e. The molecule has 2 N–H and O–H groups in total. The number of aromatic hydroxyl groups is 1. The predicted molar refractivity (Wildman–Crippen MR) is 120 cm³/mol. The molecule has 2 aliphatic rings. The molecular weight excluding hydrogens is 408 g/mol. The first-order valence-corrected chi connectivity index (χ1v) is 10.5. The van der Waals surface area contributed by atoms with E-state index in [1.807, 2.05) is 39.0 Å². The molecule has 0 bridgehead atoms. The monoisotopic (exact) mass is 436 g/mol. The number of amides is 2. The average molecular weight is 437 g/mol. The van der Waals surface area contributed by atoms with Crippen LogP contribution in [0.2, 0.25) is 0 Å². The van der Waals surface area contributed by atoms with E-state index in [0.29, 0.717) is 29.2 Å². The van der Waals surface area contributed by atoms with Gasteiger partial charge < -0.3 is 24.8 Å². The lowest BCUT2D eigenvalue weighted by atomic mass is 9.84. The summed E-state index contributed by atoms with van der Waals surface area (Å²) in [7, 11) is 3.07. The van der Waals surface area contributed by atoms with Crippen LogP contribution in [-0.2, 0) is 21.7 Å². The van der Waals surface area contributed by atoms with Crippen LogP contribution >= 0.6 is 0 Å². The normalized spacial score (nSPS) is 20.8. The molecule has 1 saturated heterocycles. The second-order valence-corrected chi connectivity index (χ2v) is 9.26.